The minimum atomic E-state index is -0.991. The molecule has 0 bridgehead atoms. The molecule has 0 saturated carbocycles. The first-order chi connectivity index (χ1) is 5.24. The number of pyridine rings is 1. The van der Waals surface area contributed by atoms with Gasteiger partial charge in [0.25, 0.3) is 0 Å². The number of carbonyl (C=O) groups is 1. The van der Waals surface area contributed by atoms with E-state index in [0.29, 0.717) is 0 Å². The highest BCUT2D eigenvalue weighted by atomic mass is 16.4. The van der Waals surface area contributed by atoms with E-state index in [1.54, 1.807) is 0 Å². The number of nitrogens with zero attached hydrogens (tertiary/aromatic N) is 2. The quantitative estimate of drug-likeness (QED) is 0.571. The molecule has 4 nitrogen and oxygen atoms in total. The van der Waals surface area contributed by atoms with E-state index >= 15 is 0 Å². The third-order valence-corrected chi connectivity index (χ3v) is 1.19. The molecule has 1 rings (SSSR count). The molecule has 1 aromatic heterocycles. The largest absolute Gasteiger partial charge is 0.478 e. The van der Waals surface area contributed by atoms with Gasteiger partial charge >= 0.3 is 12.2 Å². The van der Waals surface area contributed by atoms with E-state index in [1.165, 1.54) is 29.1 Å². The average molecular weight is 149 g/mol. The van der Waals surface area contributed by atoms with Gasteiger partial charge in [-0.2, -0.15) is 0 Å². The van der Waals surface area contributed by atoms with Gasteiger partial charge in [0.1, 0.15) is 12.4 Å². The van der Waals surface area contributed by atoms with Crippen LogP contribution in [0, 0.1) is 11.5 Å². The normalized spacial score (nSPS) is 8.64. The first-order valence-corrected chi connectivity index (χ1v) is 2.89. The minimum Gasteiger partial charge on any atom is -0.478 e. The van der Waals surface area contributed by atoms with E-state index in [2.05, 4.69) is 0 Å². The summed E-state index contributed by atoms with van der Waals surface area (Å²) in [5.74, 6) is -0.991. The van der Waals surface area contributed by atoms with E-state index in [1.807, 2.05) is 6.19 Å². The van der Waals surface area contributed by atoms with Gasteiger partial charge in [0.2, 0.25) is 0 Å². The molecule has 0 aliphatic carbocycles. The van der Waals surface area contributed by atoms with Crippen molar-refractivity contribution < 1.29 is 14.5 Å². The predicted octanol–water partition coefficient (Wildman–Crippen LogP) is 0.00148. The zero-order valence-corrected chi connectivity index (χ0v) is 5.56. The van der Waals surface area contributed by atoms with Gasteiger partial charge in [0, 0.05) is 0 Å². The second-order valence-electron chi connectivity index (χ2n) is 1.90. The molecule has 0 amide bonds. The molecule has 1 aromatic rings. The number of aromatic nitrogens is 1. The van der Waals surface area contributed by atoms with Gasteiger partial charge in [0.05, 0.1) is 5.56 Å². The summed E-state index contributed by atoms with van der Waals surface area (Å²) < 4.78 is 1.21. The smallest absolute Gasteiger partial charge is 0.463 e. The van der Waals surface area contributed by atoms with Gasteiger partial charge in [-0.1, -0.05) is 0 Å². The Morgan fingerprint density at radius 1 is 1.55 bits per heavy atom. The summed E-state index contributed by atoms with van der Waals surface area (Å²) in [4.78, 5) is 10.3. The fourth-order valence-electron chi connectivity index (χ4n) is 0.636. The Morgan fingerprint density at radius 2 is 2.09 bits per heavy atom. The number of carboxylic acid groups (broad SMARTS) is 1. The maximum Gasteiger partial charge on any atom is 0.463 e. The summed E-state index contributed by atoms with van der Waals surface area (Å²) in [6, 6.07) is 2.73. The zero-order valence-electron chi connectivity index (χ0n) is 5.56. The van der Waals surface area contributed by atoms with Crippen LogP contribution in [0.4, 0.5) is 0 Å². The Morgan fingerprint density at radius 3 is 2.45 bits per heavy atom. The van der Waals surface area contributed by atoms with Crippen LogP contribution in [0.1, 0.15) is 10.4 Å². The summed E-state index contributed by atoms with van der Waals surface area (Å²) in [5.41, 5.74) is 0.177. The molecule has 0 aliphatic heterocycles. The third kappa shape index (κ3) is 1.52. The van der Waals surface area contributed by atoms with E-state index in [9.17, 15) is 4.79 Å². The SMILES string of the molecule is N#C[n+]1ccc(C(=O)O)cc1. The Bertz CT molecular complexity index is 310. The first-order valence-electron chi connectivity index (χ1n) is 2.89. The van der Waals surface area contributed by atoms with Gasteiger partial charge in [-0.25, -0.2) is 4.79 Å². The molecule has 0 atom stereocenters. The summed E-state index contributed by atoms with van der Waals surface area (Å²) in [6.45, 7) is 0. The lowest BCUT2D eigenvalue weighted by Gasteiger charge is -1.89. The second kappa shape index (κ2) is 2.80. The summed E-state index contributed by atoms with van der Waals surface area (Å²) in [5, 5.41) is 16.8. The lowest BCUT2D eigenvalue weighted by molar-refractivity contribution is -0.586. The lowest BCUT2D eigenvalue weighted by Crippen LogP contribution is -2.26. The Balaban J connectivity index is 3.03. The van der Waals surface area contributed by atoms with Crippen LogP contribution >= 0.6 is 0 Å². The summed E-state index contributed by atoms with van der Waals surface area (Å²) in [6.07, 6.45) is 4.60. The molecular weight excluding hydrogens is 144 g/mol. The fraction of sp³-hybridized carbons (Fsp3) is 0. The van der Waals surface area contributed by atoms with Crippen molar-refractivity contribution >= 4 is 5.97 Å². The van der Waals surface area contributed by atoms with E-state index in [-0.39, 0.29) is 5.56 Å². The number of aromatic carboxylic acids is 1. The lowest BCUT2D eigenvalue weighted by atomic mass is 10.3. The Labute approximate surface area is 62.9 Å². The first kappa shape index (κ1) is 7.22. The van der Waals surface area contributed by atoms with Crippen LogP contribution in [-0.4, -0.2) is 11.1 Å². The predicted molar refractivity (Wildman–Crippen MR) is 34.6 cm³/mol. The number of hydrogen-bond donors (Lipinski definition) is 1. The molecule has 0 aromatic carbocycles. The number of rotatable bonds is 1. The number of carboxylic acids is 1. The van der Waals surface area contributed by atoms with Crippen LogP contribution < -0.4 is 4.57 Å². The minimum absolute atomic E-state index is 0.177. The highest BCUT2D eigenvalue weighted by Crippen LogP contribution is 1.92. The number of nitriles is 1. The molecule has 0 radical (unpaired) electrons. The molecule has 11 heavy (non-hydrogen) atoms. The maximum absolute atomic E-state index is 10.3. The van der Waals surface area contributed by atoms with Gasteiger partial charge < -0.3 is 5.11 Å². The van der Waals surface area contributed by atoms with Crippen molar-refractivity contribution in [1.29, 1.82) is 5.26 Å². The van der Waals surface area contributed by atoms with Crippen LogP contribution in [-0.2, 0) is 0 Å². The molecule has 1 heterocycles. The third-order valence-electron chi connectivity index (χ3n) is 1.19. The van der Waals surface area contributed by atoms with Crippen LogP contribution in [0.5, 0.6) is 0 Å². The van der Waals surface area contributed by atoms with Crippen molar-refractivity contribution in [2.24, 2.45) is 0 Å². The van der Waals surface area contributed by atoms with Crippen LogP contribution in [0.2, 0.25) is 0 Å². The topological polar surface area (TPSA) is 65.0 Å². The van der Waals surface area contributed by atoms with Gasteiger partial charge in [-0.3, -0.25) is 0 Å². The molecule has 0 spiro atoms. The molecule has 0 fully saturated rings. The van der Waals surface area contributed by atoms with Crippen molar-refractivity contribution in [1.82, 2.24) is 0 Å². The molecule has 4 heteroatoms. The van der Waals surface area contributed by atoms with Gasteiger partial charge in [0.15, 0.2) is 5.26 Å². The van der Waals surface area contributed by atoms with Crippen molar-refractivity contribution in [2.75, 3.05) is 0 Å². The van der Waals surface area contributed by atoms with Crippen LogP contribution in [0.15, 0.2) is 24.5 Å². The molecule has 0 unspecified atom stereocenters. The van der Waals surface area contributed by atoms with Crippen molar-refractivity contribution in [3.05, 3.63) is 30.1 Å². The Kier molecular flexibility index (Phi) is 1.83. The Hall–Kier alpha value is -1.89. The zero-order chi connectivity index (χ0) is 8.27. The van der Waals surface area contributed by atoms with Gasteiger partial charge in [-0.15, -0.1) is 4.57 Å². The average Bonchev–Trinajstić information content (AvgIpc) is 2.05. The van der Waals surface area contributed by atoms with Crippen molar-refractivity contribution in [2.45, 2.75) is 0 Å². The highest BCUT2D eigenvalue weighted by Gasteiger charge is 2.02. The van der Waals surface area contributed by atoms with Crippen molar-refractivity contribution in [3.8, 4) is 6.19 Å². The van der Waals surface area contributed by atoms with Crippen LogP contribution in [0.3, 0.4) is 0 Å². The standard InChI is InChI=1S/C7H4N2O2/c8-5-9-3-1-6(2-4-9)7(10)11/h1-4H/p+1. The second-order valence-corrected chi connectivity index (χ2v) is 1.90. The summed E-state index contributed by atoms with van der Waals surface area (Å²) >= 11 is 0. The summed E-state index contributed by atoms with van der Waals surface area (Å²) in [7, 11) is 0. The molecule has 0 aliphatic rings. The van der Waals surface area contributed by atoms with Gasteiger partial charge in [-0.05, 0) is 12.1 Å². The molecular formula is C7H5N2O2+. The van der Waals surface area contributed by atoms with E-state index < -0.39 is 5.97 Å². The molecule has 1 N–H and O–H groups in total. The fourth-order valence-corrected chi connectivity index (χ4v) is 0.636. The molecule has 54 valence electrons. The van der Waals surface area contributed by atoms with Crippen LogP contribution in [0.25, 0.3) is 0 Å². The van der Waals surface area contributed by atoms with E-state index in [4.69, 9.17) is 10.4 Å². The number of hydrogen-bond acceptors (Lipinski definition) is 2. The van der Waals surface area contributed by atoms with E-state index in [0.717, 1.165) is 0 Å². The van der Waals surface area contributed by atoms with Crippen molar-refractivity contribution in [3.63, 3.8) is 0 Å². The monoisotopic (exact) mass is 149 g/mol. The highest BCUT2D eigenvalue weighted by molar-refractivity contribution is 5.87. The maximum atomic E-state index is 10.3. The molecule has 0 saturated heterocycles.